The molecule has 8 heteroatoms. The Balaban J connectivity index is 1.52. The molecule has 0 aromatic heterocycles. The third kappa shape index (κ3) is 6.53. The number of piperidine rings is 1. The maximum atomic E-state index is 13.1. The van der Waals surface area contributed by atoms with Gasteiger partial charge in [0.25, 0.3) is 0 Å². The highest BCUT2D eigenvalue weighted by molar-refractivity contribution is 7.89. The molecular formula is C23H35N3O4S. The first kappa shape index (κ1) is 23.7. The van der Waals surface area contributed by atoms with E-state index in [4.69, 9.17) is 0 Å². The molecule has 172 valence electrons. The molecule has 0 radical (unpaired) electrons. The van der Waals surface area contributed by atoms with Crippen LogP contribution in [-0.4, -0.2) is 49.7 Å². The number of hydrogen-bond donors (Lipinski definition) is 2. The quantitative estimate of drug-likeness (QED) is 0.516. The van der Waals surface area contributed by atoms with Crippen molar-refractivity contribution < 1.29 is 18.0 Å². The molecule has 1 atom stereocenters. The van der Waals surface area contributed by atoms with Gasteiger partial charge in [-0.15, -0.1) is 0 Å². The summed E-state index contributed by atoms with van der Waals surface area (Å²) in [6.07, 6.45) is 9.42. The predicted octanol–water partition coefficient (Wildman–Crippen LogP) is 2.88. The normalized spacial score (nSPS) is 21.3. The Labute approximate surface area is 186 Å². The summed E-state index contributed by atoms with van der Waals surface area (Å²) in [7, 11) is -3.58. The Hall–Kier alpha value is -1.93. The molecule has 1 aliphatic heterocycles. The van der Waals surface area contributed by atoms with Crippen LogP contribution in [0, 0.1) is 6.92 Å². The molecular weight excluding hydrogens is 414 g/mol. The number of nitrogens with zero attached hydrogens (tertiary/aromatic N) is 1. The van der Waals surface area contributed by atoms with Crippen molar-refractivity contribution in [2.45, 2.75) is 88.1 Å². The van der Waals surface area contributed by atoms with Crippen molar-refractivity contribution >= 4 is 21.8 Å². The van der Waals surface area contributed by atoms with E-state index in [1.165, 1.54) is 12.8 Å². The highest BCUT2D eigenvalue weighted by Crippen LogP contribution is 2.27. The van der Waals surface area contributed by atoms with Crippen molar-refractivity contribution in [3.63, 3.8) is 0 Å². The van der Waals surface area contributed by atoms with E-state index in [1.54, 1.807) is 28.6 Å². The Kier molecular flexibility index (Phi) is 8.49. The zero-order chi connectivity index (χ0) is 22.3. The number of hydrogen-bond acceptors (Lipinski definition) is 4. The second-order valence-corrected chi connectivity index (χ2v) is 10.7. The van der Waals surface area contributed by atoms with E-state index in [0.29, 0.717) is 17.9 Å². The lowest BCUT2D eigenvalue weighted by atomic mass is 10.0. The van der Waals surface area contributed by atoms with E-state index >= 15 is 0 Å². The van der Waals surface area contributed by atoms with Gasteiger partial charge in [-0.2, -0.15) is 4.31 Å². The molecule has 1 saturated heterocycles. The van der Waals surface area contributed by atoms with E-state index in [-0.39, 0.29) is 18.6 Å². The second-order valence-electron chi connectivity index (χ2n) is 8.78. The van der Waals surface area contributed by atoms with Crippen LogP contribution in [0.3, 0.4) is 0 Å². The van der Waals surface area contributed by atoms with E-state index < -0.39 is 21.8 Å². The lowest BCUT2D eigenvalue weighted by Gasteiger charge is -2.34. The molecule has 2 amide bonds. The van der Waals surface area contributed by atoms with Gasteiger partial charge in [-0.1, -0.05) is 49.8 Å². The number of rotatable bonds is 6. The summed E-state index contributed by atoms with van der Waals surface area (Å²) in [5.74, 6) is -1.22. The summed E-state index contributed by atoms with van der Waals surface area (Å²) >= 11 is 0. The highest BCUT2D eigenvalue weighted by atomic mass is 32.2. The van der Waals surface area contributed by atoms with Gasteiger partial charge in [0.1, 0.15) is 0 Å². The summed E-state index contributed by atoms with van der Waals surface area (Å²) in [5, 5.41) is 5.53. The summed E-state index contributed by atoms with van der Waals surface area (Å²) in [6.45, 7) is 2.69. The van der Waals surface area contributed by atoms with Crippen LogP contribution < -0.4 is 10.6 Å². The molecule has 0 spiro atoms. The van der Waals surface area contributed by atoms with Crippen molar-refractivity contribution in [2.24, 2.45) is 0 Å². The summed E-state index contributed by atoms with van der Waals surface area (Å²) in [5.41, 5.74) is 1.01. The maximum absolute atomic E-state index is 13.1. The molecule has 7 nitrogen and oxygen atoms in total. The first-order chi connectivity index (χ1) is 14.9. The fourth-order valence-corrected chi connectivity index (χ4v) is 6.26. The molecule has 1 aromatic rings. The van der Waals surface area contributed by atoms with Crippen LogP contribution in [0.5, 0.6) is 0 Å². The molecule has 1 aromatic carbocycles. The number of nitrogens with one attached hydrogen (secondary N) is 2. The summed E-state index contributed by atoms with van der Waals surface area (Å²) in [6, 6.07) is 6.81. The van der Waals surface area contributed by atoms with Crippen molar-refractivity contribution in [3.8, 4) is 0 Å². The molecule has 1 aliphatic carbocycles. The van der Waals surface area contributed by atoms with Crippen molar-refractivity contribution in [2.75, 3.05) is 13.1 Å². The van der Waals surface area contributed by atoms with Gasteiger partial charge in [0.15, 0.2) is 0 Å². The molecule has 2 N–H and O–H groups in total. The lowest BCUT2D eigenvalue weighted by Crippen LogP contribution is -2.47. The average Bonchev–Trinajstić information content (AvgIpc) is 3.03. The fourth-order valence-electron chi connectivity index (χ4n) is 4.53. The summed E-state index contributed by atoms with van der Waals surface area (Å²) < 4.78 is 27.8. The lowest BCUT2D eigenvalue weighted by molar-refractivity contribution is -0.139. The van der Waals surface area contributed by atoms with Crippen molar-refractivity contribution in [1.29, 1.82) is 0 Å². The SMILES string of the molecule is Cc1ccc(S(=O)(=O)N2CCCCC2CCNC(=O)C(=O)NC2CCCCCC2)cc1. The third-order valence-electron chi connectivity index (χ3n) is 6.36. The molecule has 1 unspecified atom stereocenters. The van der Waals surface area contributed by atoms with Gasteiger partial charge in [-0.05, 0) is 51.2 Å². The van der Waals surface area contributed by atoms with Gasteiger partial charge >= 0.3 is 11.8 Å². The van der Waals surface area contributed by atoms with Crippen LogP contribution in [0.1, 0.15) is 69.8 Å². The van der Waals surface area contributed by atoms with Crippen LogP contribution in [0.2, 0.25) is 0 Å². The smallest absolute Gasteiger partial charge is 0.309 e. The van der Waals surface area contributed by atoms with Crippen LogP contribution >= 0.6 is 0 Å². The van der Waals surface area contributed by atoms with Crippen molar-refractivity contribution in [1.82, 2.24) is 14.9 Å². The van der Waals surface area contributed by atoms with Crippen LogP contribution in [0.25, 0.3) is 0 Å². The van der Waals surface area contributed by atoms with E-state index in [2.05, 4.69) is 10.6 Å². The maximum Gasteiger partial charge on any atom is 0.309 e. The minimum absolute atomic E-state index is 0.0780. The Morgan fingerprint density at radius 3 is 2.26 bits per heavy atom. The topological polar surface area (TPSA) is 95.6 Å². The first-order valence-corrected chi connectivity index (χ1v) is 13.0. The molecule has 1 heterocycles. The van der Waals surface area contributed by atoms with Gasteiger partial charge in [0.05, 0.1) is 4.90 Å². The zero-order valence-corrected chi connectivity index (χ0v) is 19.3. The third-order valence-corrected chi connectivity index (χ3v) is 8.33. The van der Waals surface area contributed by atoms with Crippen LogP contribution in [0.15, 0.2) is 29.2 Å². The molecule has 1 saturated carbocycles. The minimum atomic E-state index is -3.58. The number of benzene rings is 1. The molecule has 0 bridgehead atoms. The number of carbonyl (C=O) groups is 2. The Bertz CT molecular complexity index is 846. The van der Waals surface area contributed by atoms with Gasteiger partial charge in [0, 0.05) is 25.2 Å². The molecule has 31 heavy (non-hydrogen) atoms. The number of carbonyl (C=O) groups excluding carboxylic acids is 2. The van der Waals surface area contributed by atoms with Gasteiger partial charge < -0.3 is 10.6 Å². The monoisotopic (exact) mass is 449 g/mol. The standard InChI is InChI=1S/C23H35N3O4S/c1-18-11-13-21(14-12-18)31(29,30)26-17-7-6-10-20(26)15-16-24-22(27)23(28)25-19-8-4-2-3-5-9-19/h11-14,19-20H,2-10,15-17H2,1H3,(H,24,27)(H,25,28). The van der Waals surface area contributed by atoms with Crippen molar-refractivity contribution in [3.05, 3.63) is 29.8 Å². The van der Waals surface area contributed by atoms with E-state index in [1.807, 2.05) is 6.92 Å². The Morgan fingerprint density at radius 1 is 0.935 bits per heavy atom. The summed E-state index contributed by atoms with van der Waals surface area (Å²) in [4.78, 5) is 24.7. The van der Waals surface area contributed by atoms with E-state index in [9.17, 15) is 18.0 Å². The zero-order valence-electron chi connectivity index (χ0n) is 18.4. The number of amides is 2. The highest BCUT2D eigenvalue weighted by Gasteiger charge is 2.33. The molecule has 2 fully saturated rings. The number of sulfonamides is 1. The largest absolute Gasteiger partial charge is 0.348 e. The molecule has 3 rings (SSSR count). The van der Waals surface area contributed by atoms with Crippen LogP contribution in [-0.2, 0) is 19.6 Å². The fraction of sp³-hybridized carbons (Fsp3) is 0.652. The predicted molar refractivity (Wildman–Crippen MR) is 120 cm³/mol. The second kappa shape index (κ2) is 11.1. The van der Waals surface area contributed by atoms with E-state index in [0.717, 1.165) is 50.5 Å². The van der Waals surface area contributed by atoms with Crippen LogP contribution in [0.4, 0.5) is 0 Å². The van der Waals surface area contributed by atoms with Gasteiger partial charge in [-0.25, -0.2) is 8.42 Å². The molecule has 2 aliphatic rings. The Morgan fingerprint density at radius 2 is 1.58 bits per heavy atom. The average molecular weight is 450 g/mol. The number of aryl methyl sites for hydroxylation is 1. The van der Waals surface area contributed by atoms with Gasteiger partial charge in [-0.3, -0.25) is 9.59 Å². The first-order valence-electron chi connectivity index (χ1n) is 11.5. The minimum Gasteiger partial charge on any atom is -0.348 e. The van der Waals surface area contributed by atoms with Gasteiger partial charge in [0.2, 0.25) is 10.0 Å².